The molecule has 0 radical (unpaired) electrons. The molecule has 6 rings (SSSR count). The lowest BCUT2D eigenvalue weighted by Gasteiger charge is -2.40. The van der Waals surface area contributed by atoms with E-state index >= 15 is 0 Å². The summed E-state index contributed by atoms with van der Waals surface area (Å²) in [6.07, 6.45) is 0. The van der Waals surface area contributed by atoms with Crippen molar-refractivity contribution in [2.75, 3.05) is 32.3 Å². The molecule has 4 aromatic rings. The van der Waals surface area contributed by atoms with Crippen molar-refractivity contribution in [3.8, 4) is 11.5 Å². The molecule has 4 aromatic carbocycles. The molecule has 208 valence electrons. The standard InChI is InChI=1S/C33H33N4O4/c1-4-41-31(38)30-23-36(26-11-7-5-8-12-26)33(25-17-21-29(40-3)22-18-25)32(30,24-15-19-28(39-2)20-16-24)34-37(35-33)27-13-9-6-10-14-27/h5-22,30H,4,23H2,1-3H3,(H,34,35)/q+1/t30-,32-,33+/m0/s1. The second-order valence-electron chi connectivity index (χ2n) is 10.0. The van der Waals surface area contributed by atoms with Crippen LogP contribution >= 0.6 is 0 Å². The van der Waals surface area contributed by atoms with E-state index in [2.05, 4.69) is 22.5 Å². The normalized spacial score (nSPS) is 22.9. The first kappa shape index (κ1) is 26.4. The van der Waals surface area contributed by atoms with Gasteiger partial charge in [-0.05, 0) is 48.9 Å². The van der Waals surface area contributed by atoms with Gasteiger partial charge in [0.1, 0.15) is 17.4 Å². The third kappa shape index (κ3) is 4.09. The maximum absolute atomic E-state index is 14.0. The molecule has 2 aliphatic heterocycles. The Balaban J connectivity index is 1.70. The summed E-state index contributed by atoms with van der Waals surface area (Å²) in [5.74, 6) is 0.533. The maximum atomic E-state index is 14.0. The van der Waals surface area contributed by atoms with Crippen LogP contribution in [-0.4, -0.2) is 38.1 Å². The molecule has 3 atom stereocenters. The van der Waals surface area contributed by atoms with Crippen molar-refractivity contribution in [2.24, 2.45) is 11.0 Å². The van der Waals surface area contributed by atoms with E-state index in [4.69, 9.17) is 19.3 Å². The summed E-state index contributed by atoms with van der Waals surface area (Å²) in [7, 11) is 3.29. The first-order valence-corrected chi connectivity index (χ1v) is 13.7. The van der Waals surface area contributed by atoms with E-state index in [1.54, 1.807) is 19.0 Å². The Hall–Kier alpha value is -4.85. The number of carbonyl (C=O) groups excluding carboxylic acids is 1. The lowest BCUT2D eigenvalue weighted by atomic mass is 9.70. The number of rotatable bonds is 8. The summed E-state index contributed by atoms with van der Waals surface area (Å²) in [6, 6.07) is 35.8. The quantitative estimate of drug-likeness (QED) is 0.222. The molecular formula is C33H33N4O4+. The number of esters is 1. The predicted molar refractivity (Wildman–Crippen MR) is 155 cm³/mol. The first-order valence-electron chi connectivity index (χ1n) is 13.7. The van der Waals surface area contributed by atoms with E-state index in [-0.39, 0.29) is 12.6 Å². The van der Waals surface area contributed by atoms with Crippen molar-refractivity contribution in [1.82, 2.24) is 5.43 Å². The number of hydrazine groups is 1. The number of fused-ring (bicyclic) bond motifs is 1. The molecule has 0 amide bonds. The summed E-state index contributed by atoms with van der Waals surface area (Å²) < 4.78 is 16.8. The van der Waals surface area contributed by atoms with Gasteiger partial charge in [0.15, 0.2) is 5.54 Å². The third-order valence-corrected chi connectivity index (χ3v) is 8.03. The molecule has 1 fully saturated rings. The average molecular weight is 550 g/mol. The van der Waals surface area contributed by atoms with Crippen LogP contribution in [0.2, 0.25) is 0 Å². The number of hydrogen-bond donors (Lipinski definition) is 1. The topological polar surface area (TPSA) is 75.4 Å². The zero-order chi connectivity index (χ0) is 28.5. The summed E-state index contributed by atoms with van der Waals surface area (Å²) in [5, 5.41) is 5.49. The fraction of sp³-hybridized carbons (Fsp3) is 0.242. The number of anilines is 1. The molecule has 0 saturated carbocycles. The molecule has 8 heteroatoms. The van der Waals surface area contributed by atoms with Crippen LogP contribution in [0.3, 0.4) is 0 Å². The van der Waals surface area contributed by atoms with Crippen molar-refractivity contribution < 1.29 is 23.8 Å². The zero-order valence-corrected chi connectivity index (χ0v) is 23.4. The summed E-state index contributed by atoms with van der Waals surface area (Å²) in [5.41, 5.74) is 5.15. The van der Waals surface area contributed by atoms with E-state index < -0.39 is 17.1 Å². The number of carbonyl (C=O) groups is 1. The van der Waals surface area contributed by atoms with Crippen LogP contribution in [0.1, 0.15) is 18.1 Å². The van der Waals surface area contributed by atoms with Crippen molar-refractivity contribution in [1.29, 1.82) is 0 Å². The highest BCUT2D eigenvalue weighted by molar-refractivity contribution is 5.79. The van der Waals surface area contributed by atoms with Gasteiger partial charge in [-0.3, -0.25) is 4.79 Å². The Morgan fingerprint density at radius 2 is 1.41 bits per heavy atom. The second-order valence-corrected chi connectivity index (χ2v) is 10.0. The van der Waals surface area contributed by atoms with Gasteiger partial charge in [0.2, 0.25) is 0 Å². The van der Waals surface area contributed by atoms with Crippen molar-refractivity contribution in [2.45, 2.75) is 18.1 Å². The van der Waals surface area contributed by atoms with Gasteiger partial charge in [0, 0.05) is 39.8 Å². The largest absolute Gasteiger partial charge is 0.497 e. The highest BCUT2D eigenvalue weighted by atomic mass is 16.5. The minimum atomic E-state index is -1.09. The van der Waals surface area contributed by atoms with Crippen molar-refractivity contribution >= 4 is 17.3 Å². The number of ether oxygens (including phenoxy) is 3. The molecule has 1 N–H and O–H groups in total. The monoisotopic (exact) mass is 549 g/mol. The third-order valence-electron chi connectivity index (χ3n) is 8.03. The fourth-order valence-electron chi connectivity index (χ4n) is 6.20. The Labute approximate surface area is 239 Å². The molecule has 0 aliphatic carbocycles. The molecule has 2 aliphatic rings. The highest BCUT2D eigenvalue weighted by Crippen LogP contribution is 2.60. The van der Waals surface area contributed by atoms with Crippen LogP contribution in [0.5, 0.6) is 11.5 Å². The van der Waals surface area contributed by atoms with Crippen molar-refractivity contribution in [3.05, 3.63) is 120 Å². The van der Waals surface area contributed by atoms with Gasteiger partial charge in [-0.2, -0.15) is 5.43 Å². The molecule has 0 bridgehead atoms. The van der Waals surface area contributed by atoms with E-state index in [1.165, 1.54) is 0 Å². The van der Waals surface area contributed by atoms with Gasteiger partial charge in [-0.25, -0.2) is 0 Å². The Kier molecular flexibility index (Phi) is 6.83. The number of nitrogens with one attached hydrogen (secondary N) is 1. The van der Waals surface area contributed by atoms with Crippen LogP contribution in [-0.2, 0) is 20.7 Å². The van der Waals surface area contributed by atoms with Crippen molar-refractivity contribution in [3.63, 3.8) is 0 Å². The number of hydrogen-bond acceptors (Lipinski definition) is 7. The molecular weight excluding hydrogens is 516 g/mol. The van der Waals surface area contributed by atoms with Gasteiger partial charge in [-0.15, -0.1) is 0 Å². The van der Waals surface area contributed by atoms with Gasteiger partial charge in [0.05, 0.1) is 20.8 Å². The van der Waals surface area contributed by atoms with Crippen LogP contribution in [0, 0.1) is 5.92 Å². The molecule has 2 heterocycles. The fourth-order valence-corrected chi connectivity index (χ4v) is 6.20. The van der Waals surface area contributed by atoms with Crippen LogP contribution in [0.25, 0.3) is 0 Å². The number of azo groups is 1. The molecule has 0 spiro atoms. The van der Waals surface area contributed by atoms with Crippen LogP contribution in [0.15, 0.2) is 114 Å². The Bertz CT molecular complexity index is 1540. The zero-order valence-electron chi connectivity index (χ0n) is 23.4. The van der Waals surface area contributed by atoms with Gasteiger partial charge < -0.3 is 19.1 Å². The van der Waals surface area contributed by atoms with E-state index in [0.717, 1.165) is 34.0 Å². The minimum absolute atomic E-state index is 0.272. The highest BCUT2D eigenvalue weighted by Gasteiger charge is 2.77. The number of para-hydroxylation sites is 2. The molecule has 1 saturated heterocycles. The Morgan fingerprint density at radius 3 is 1.98 bits per heavy atom. The summed E-state index contributed by atoms with van der Waals surface area (Å²) in [4.78, 5) is 18.0. The lowest BCUT2D eigenvalue weighted by molar-refractivity contribution is -0.570. The molecule has 8 nitrogen and oxygen atoms in total. The minimum Gasteiger partial charge on any atom is -0.497 e. The summed E-state index contributed by atoms with van der Waals surface area (Å²) >= 11 is 0. The van der Waals surface area contributed by atoms with E-state index in [1.807, 2.05) is 104 Å². The second kappa shape index (κ2) is 10.6. The Morgan fingerprint density at radius 1 is 0.854 bits per heavy atom. The van der Waals surface area contributed by atoms with E-state index in [9.17, 15) is 4.79 Å². The van der Waals surface area contributed by atoms with Gasteiger partial charge in [-0.1, -0.05) is 60.7 Å². The number of benzene rings is 4. The molecule has 41 heavy (non-hydrogen) atoms. The van der Waals surface area contributed by atoms with E-state index in [0.29, 0.717) is 6.54 Å². The van der Waals surface area contributed by atoms with Gasteiger partial charge >= 0.3 is 5.97 Å². The van der Waals surface area contributed by atoms with Crippen LogP contribution in [0.4, 0.5) is 11.4 Å². The summed E-state index contributed by atoms with van der Waals surface area (Å²) in [6.45, 7) is 2.48. The average Bonchev–Trinajstić information content (AvgIpc) is 3.53. The first-order chi connectivity index (χ1) is 20.1. The SMILES string of the molecule is CCOC(=O)[C@@H]1CN(c2ccccc2)[C@@]2(c3ccc(OC)cc3)N=[N+](c3ccccc3)N[C@@]12c1ccc(OC)cc1. The number of nitrogens with zero attached hydrogens (tertiary/aromatic N) is 3. The van der Waals surface area contributed by atoms with Gasteiger partial charge in [0.25, 0.3) is 11.4 Å². The maximum Gasteiger partial charge on any atom is 0.313 e. The van der Waals surface area contributed by atoms with Crippen LogP contribution < -0.4 is 19.8 Å². The molecule has 0 unspecified atom stereocenters. The smallest absolute Gasteiger partial charge is 0.313 e. The lowest BCUT2D eigenvalue weighted by Crippen LogP contribution is -2.59. The number of methoxy groups -OCH3 is 2. The molecule has 0 aromatic heterocycles. The predicted octanol–water partition coefficient (Wildman–Crippen LogP) is 5.77.